The SMILES string of the molecule is CCC(C)CN(C)C(=O)c1ccncc1C#CCN. The Morgan fingerprint density at radius 2 is 2.32 bits per heavy atom. The van der Waals surface area contributed by atoms with Gasteiger partial charge >= 0.3 is 0 Å². The molecule has 1 heterocycles. The Morgan fingerprint density at radius 3 is 2.95 bits per heavy atom. The van der Waals surface area contributed by atoms with Crippen molar-refractivity contribution in [2.24, 2.45) is 11.7 Å². The molecule has 0 fully saturated rings. The molecule has 1 atom stereocenters. The van der Waals surface area contributed by atoms with E-state index in [1.807, 2.05) is 7.05 Å². The third kappa shape index (κ3) is 4.38. The lowest BCUT2D eigenvalue weighted by Crippen LogP contribution is -2.31. The van der Waals surface area contributed by atoms with E-state index in [4.69, 9.17) is 5.73 Å². The molecule has 1 rings (SSSR count). The minimum Gasteiger partial charge on any atom is -0.341 e. The predicted molar refractivity (Wildman–Crippen MR) is 76.6 cm³/mol. The zero-order chi connectivity index (χ0) is 14.3. The lowest BCUT2D eigenvalue weighted by atomic mass is 10.1. The Balaban J connectivity index is 2.93. The van der Waals surface area contributed by atoms with E-state index < -0.39 is 0 Å². The molecule has 0 aliphatic heterocycles. The lowest BCUT2D eigenvalue weighted by molar-refractivity contribution is 0.0774. The van der Waals surface area contributed by atoms with E-state index in [1.165, 1.54) is 0 Å². The molecule has 1 aromatic rings. The Kier molecular flexibility index (Phi) is 6.04. The van der Waals surface area contributed by atoms with Gasteiger partial charge in [0.15, 0.2) is 0 Å². The number of pyridine rings is 1. The maximum Gasteiger partial charge on any atom is 0.254 e. The second-order valence-electron chi connectivity index (χ2n) is 4.63. The standard InChI is InChI=1S/C15H21N3O/c1-4-12(2)11-18(3)15(19)14-7-9-17-10-13(14)6-5-8-16/h7,9-10,12H,4,8,11,16H2,1-3H3. The van der Waals surface area contributed by atoms with Gasteiger partial charge in [-0.05, 0) is 12.0 Å². The van der Waals surface area contributed by atoms with Gasteiger partial charge in [0.1, 0.15) is 0 Å². The molecule has 0 aliphatic carbocycles. The minimum atomic E-state index is -0.0241. The number of rotatable bonds is 4. The highest BCUT2D eigenvalue weighted by Gasteiger charge is 2.16. The molecule has 0 saturated carbocycles. The van der Waals surface area contributed by atoms with Crippen LogP contribution in [0.2, 0.25) is 0 Å². The van der Waals surface area contributed by atoms with Gasteiger partial charge in [0.05, 0.1) is 17.7 Å². The van der Waals surface area contributed by atoms with Crippen LogP contribution in [0.5, 0.6) is 0 Å². The minimum absolute atomic E-state index is 0.0241. The summed E-state index contributed by atoms with van der Waals surface area (Å²) in [6.45, 7) is 5.26. The van der Waals surface area contributed by atoms with Crippen LogP contribution in [0.1, 0.15) is 36.2 Å². The Hall–Kier alpha value is -1.86. The van der Waals surface area contributed by atoms with E-state index in [2.05, 4.69) is 30.7 Å². The zero-order valence-electron chi connectivity index (χ0n) is 11.8. The highest BCUT2D eigenvalue weighted by molar-refractivity contribution is 5.96. The van der Waals surface area contributed by atoms with Crippen molar-refractivity contribution in [1.29, 1.82) is 0 Å². The number of hydrogen-bond donors (Lipinski definition) is 1. The third-order valence-corrected chi connectivity index (χ3v) is 3.01. The smallest absolute Gasteiger partial charge is 0.254 e. The van der Waals surface area contributed by atoms with Crippen molar-refractivity contribution in [3.8, 4) is 11.8 Å². The molecule has 0 saturated heterocycles. The molecule has 102 valence electrons. The van der Waals surface area contributed by atoms with Gasteiger partial charge < -0.3 is 10.6 Å². The number of carbonyl (C=O) groups is 1. The molecule has 1 amide bonds. The van der Waals surface area contributed by atoms with Gasteiger partial charge in [-0.2, -0.15) is 0 Å². The molecule has 19 heavy (non-hydrogen) atoms. The normalized spacial score (nSPS) is 11.4. The Morgan fingerprint density at radius 1 is 1.58 bits per heavy atom. The van der Waals surface area contributed by atoms with Crippen LogP contribution in [0.25, 0.3) is 0 Å². The lowest BCUT2D eigenvalue weighted by Gasteiger charge is -2.21. The second-order valence-corrected chi connectivity index (χ2v) is 4.63. The van der Waals surface area contributed by atoms with Gasteiger partial charge in [-0.3, -0.25) is 9.78 Å². The van der Waals surface area contributed by atoms with Crippen molar-refractivity contribution < 1.29 is 4.79 Å². The molecule has 0 aromatic carbocycles. The summed E-state index contributed by atoms with van der Waals surface area (Å²) in [7, 11) is 1.81. The summed E-state index contributed by atoms with van der Waals surface area (Å²) in [6.07, 6.45) is 4.26. The Labute approximate surface area is 115 Å². The molecule has 0 bridgehead atoms. The van der Waals surface area contributed by atoms with Gasteiger partial charge in [-0.15, -0.1) is 0 Å². The van der Waals surface area contributed by atoms with Crippen LogP contribution in [0.15, 0.2) is 18.5 Å². The summed E-state index contributed by atoms with van der Waals surface area (Å²) in [5.74, 6) is 6.11. The van der Waals surface area contributed by atoms with Gasteiger partial charge in [-0.25, -0.2) is 0 Å². The number of hydrogen-bond acceptors (Lipinski definition) is 3. The summed E-state index contributed by atoms with van der Waals surface area (Å²) in [6, 6.07) is 1.70. The molecule has 0 aliphatic rings. The third-order valence-electron chi connectivity index (χ3n) is 3.01. The van der Waals surface area contributed by atoms with Gasteiger partial charge in [0.25, 0.3) is 5.91 Å². The molecule has 1 aromatic heterocycles. The van der Waals surface area contributed by atoms with Crippen LogP contribution < -0.4 is 5.73 Å². The summed E-state index contributed by atoms with van der Waals surface area (Å²) >= 11 is 0. The van der Waals surface area contributed by atoms with E-state index in [-0.39, 0.29) is 12.5 Å². The fraction of sp³-hybridized carbons (Fsp3) is 0.467. The van der Waals surface area contributed by atoms with Crippen LogP contribution in [0, 0.1) is 17.8 Å². The quantitative estimate of drug-likeness (QED) is 0.834. The number of nitrogens with zero attached hydrogens (tertiary/aromatic N) is 2. The maximum atomic E-state index is 12.4. The highest BCUT2D eigenvalue weighted by Crippen LogP contribution is 2.11. The average Bonchev–Trinajstić information content (AvgIpc) is 2.44. The average molecular weight is 259 g/mol. The number of aromatic nitrogens is 1. The first kappa shape index (κ1) is 15.2. The fourth-order valence-corrected chi connectivity index (χ4v) is 1.71. The van der Waals surface area contributed by atoms with Crippen molar-refractivity contribution in [1.82, 2.24) is 9.88 Å². The van der Waals surface area contributed by atoms with E-state index in [1.54, 1.807) is 23.4 Å². The Bertz CT molecular complexity index is 488. The second kappa shape index (κ2) is 7.55. The first-order valence-electron chi connectivity index (χ1n) is 6.48. The van der Waals surface area contributed by atoms with E-state index in [9.17, 15) is 4.79 Å². The van der Waals surface area contributed by atoms with Gasteiger partial charge in [-0.1, -0.05) is 32.1 Å². The van der Waals surface area contributed by atoms with E-state index in [0.29, 0.717) is 17.0 Å². The van der Waals surface area contributed by atoms with Gasteiger partial charge in [0.2, 0.25) is 0 Å². The molecule has 0 spiro atoms. The monoisotopic (exact) mass is 259 g/mol. The largest absolute Gasteiger partial charge is 0.341 e. The van der Waals surface area contributed by atoms with Crippen LogP contribution in [0.4, 0.5) is 0 Å². The fourth-order valence-electron chi connectivity index (χ4n) is 1.71. The zero-order valence-corrected chi connectivity index (χ0v) is 11.8. The first-order valence-corrected chi connectivity index (χ1v) is 6.48. The van der Waals surface area contributed by atoms with E-state index >= 15 is 0 Å². The molecule has 4 nitrogen and oxygen atoms in total. The van der Waals surface area contributed by atoms with Crippen LogP contribution in [-0.2, 0) is 0 Å². The molecule has 1 unspecified atom stereocenters. The summed E-state index contributed by atoms with van der Waals surface area (Å²) < 4.78 is 0. The van der Waals surface area contributed by atoms with Crippen molar-refractivity contribution in [3.63, 3.8) is 0 Å². The highest BCUT2D eigenvalue weighted by atomic mass is 16.2. The molecular weight excluding hydrogens is 238 g/mol. The number of carbonyl (C=O) groups excluding carboxylic acids is 1. The summed E-state index contributed by atoms with van der Waals surface area (Å²) in [5, 5.41) is 0. The number of nitrogens with two attached hydrogens (primary N) is 1. The van der Waals surface area contributed by atoms with Crippen molar-refractivity contribution in [2.75, 3.05) is 20.1 Å². The predicted octanol–water partition coefficient (Wildman–Crippen LogP) is 1.51. The first-order chi connectivity index (χ1) is 9.10. The molecule has 0 radical (unpaired) electrons. The van der Waals surface area contributed by atoms with Gasteiger partial charge in [0, 0.05) is 26.0 Å². The molecule has 4 heteroatoms. The molecular formula is C15H21N3O. The maximum absolute atomic E-state index is 12.4. The van der Waals surface area contributed by atoms with Crippen molar-refractivity contribution in [2.45, 2.75) is 20.3 Å². The van der Waals surface area contributed by atoms with Crippen LogP contribution >= 0.6 is 0 Å². The topological polar surface area (TPSA) is 59.2 Å². The van der Waals surface area contributed by atoms with Crippen molar-refractivity contribution in [3.05, 3.63) is 29.6 Å². The van der Waals surface area contributed by atoms with Crippen LogP contribution in [0.3, 0.4) is 0 Å². The summed E-state index contributed by atoms with van der Waals surface area (Å²) in [5.41, 5.74) is 6.58. The molecule has 2 N–H and O–H groups in total. The summed E-state index contributed by atoms with van der Waals surface area (Å²) in [4.78, 5) is 18.1. The van der Waals surface area contributed by atoms with E-state index in [0.717, 1.165) is 13.0 Å². The van der Waals surface area contributed by atoms with Crippen LogP contribution in [-0.4, -0.2) is 35.9 Å². The number of amides is 1. The van der Waals surface area contributed by atoms with Crippen molar-refractivity contribution >= 4 is 5.91 Å².